The van der Waals surface area contributed by atoms with Crippen molar-refractivity contribution in [3.63, 3.8) is 0 Å². The molecule has 2 aliphatic rings. The Morgan fingerprint density at radius 1 is 1.12 bits per heavy atom. The number of aromatic hydroxyl groups is 1. The molecule has 7 heteroatoms. The van der Waals surface area contributed by atoms with Crippen LogP contribution >= 0.6 is 0 Å². The van der Waals surface area contributed by atoms with E-state index in [2.05, 4.69) is 19.1 Å². The Labute approximate surface area is 189 Å². The van der Waals surface area contributed by atoms with Crippen LogP contribution in [0.1, 0.15) is 57.0 Å². The van der Waals surface area contributed by atoms with Crippen LogP contribution in [0.25, 0.3) is 6.08 Å². The zero-order chi connectivity index (χ0) is 23.5. The van der Waals surface area contributed by atoms with Crippen molar-refractivity contribution in [1.82, 2.24) is 0 Å². The lowest BCUT2D eigenvalue weighted by Gasteiger charge is -2.23. The minimum Gasteiger partial charge on any atom is -0.508 e. The van der Waals surface area contributed by atoms with Crippen molar-refractivity contribution < 1.29 is 33.6 Å². The van der Waals surface area contributed by atoms with Gasteiger partial charge in [0.05, 0.1) is 12.2 Å². The normalized spacial score (nSPS) is 32.2. The lowest BCUT2D eigenvalue weighted by Crippen LogP contribution is -2.29. The molecule has 0 aromatic heterocycles. The van der Waals surface area contributed by atoms with Crippen molar-refractivity contribution in [2.24, 2.45) is 11.8 Å². The van der Waals surface area contributed by atoms with Gasteiger partial charge < -0.3 is 28.8 Å². The minimum absolute atomic E-state index is 0.0161. The highest BCUT2D eigenvalue weighted by Crippen LogP contribution is 2.36. The van der Waals surface area contributed by atoms with E-state index in [1.165, 1.54) is 19.2 Å². The summed E-state index contributed by atoms with van der Waals surface area (Å²) < 4.78 is 28.7. The quantitative estimate of drug-likeness (QED) is 0.410. The van der Waals surface area contributed by atoms with Crippen LogP contribution in [0.5, 0.6) is 11.5 Å². The number of fused-ring (bicyclic) bond motifs is 2. The summed E-state index contributed by atoms with van der Waals surface area (Å²) in [7, 11) is 1.48. The molecule has 32 heavy (non-hydrogen) atoms. The molecule has 1 aromatic rings. The van der Waals surface area contributed by atoms with Gasteiger partial charge in [0.15, 0.2) is 12.6 Å². The van der Waals surface area contributed by atoms with E-state index in [4.69, 9.17) is 23.7 Å². The van der Waals surface area contributed by atoms with Crippen LogP contribution in [0.2, 0.25) is 0 Å². The van der Waals surface area contributed by atoms with Gasteiger partial charge in [-0.25, -0.2) is 4.79 Å². The Morgan fingerprint density at radius 2 is 1.84 bits per heavy atom. The highest BCUT2D eigenvalue weighted by atomic mass is 16.8. The van der Waals surface area contributed by atoms with E-state index in [9.17, 15) is 9.90 Å². The van der Waals surface area contributed by atoms with Crippen LogP contribution < -0.4 is 4.74 Å². The molecule has 1 unspecified atom stereocenters. The summed E-state index contributed by atoms with van der Waals surface area (Å²) >= 11 is 0. The molecule has 7 nitrogen and oxygen atoms in total. The zero-order valence-electron chi connectivity index (χ0n) is 19.7. The number of methoxy groups -OCH3 is 1. The number of phenolic OH excluding ortho intramolecular Hbond substituents is 1. The fourth-order valence-electron chi connectivity index (χ4n) is 3.98. The second-order valence-electron chi connectivity index (χ2n) is 8.95. The van der Waals surface area contributed by atoms with Gasteiger partial charge in [-0.15, -0.1) is 0 Å². The van der Waals surface area contributed by atoms with Crippen LogP contribution in [0.15, 0.2) is 30.4 Å². The van der Waals surface area contributed by atoms with Crippen LogP contribution in [0.4, 0.5) is 0 Å². The molecule has 0 saturated carbocycles. The molecule has 0 radical (unpaired) electrons. The molecule has 1 aromatic carbocycles. The Hall–Kier alpha value is -2.35. The number of rotatable bonds is 3. The number of hydrogen-bond donors (Lipinski definition) is 1. The van der Waals surface area contributed by atoms with Gasteiger partial charge in [0, 0.05) is 25.0 Å². The number of ether oxygens (including phenoxy) is 5. The fourth-order valence-corrected chi connectivity index (χ4v) is 3.98. The highest BCUT2D eigenvalue weighted by Gasteiger charge is 2.42. The van der Waals surface area contributed by atoms with Crippen molar-refractivity contribution in [2.75, 3.05) is 13.9 Å². The molecule has 1 fully saturated rings. The van der Waals surface area contributed by atoms with Gasteiger partial charge in [-0.3, -0.25) is 0 Å². The van der Waals surface area contributed by atoms with E-state index in [0.29, 0.717) is 12.0 Å². The molecule has 176 valence electrons. The van der Waals surface area contributed by atoms with Gasteiger partial charge in [0.2, 0.25) is 0 Å². The summed E-state index contributed by atoms with van der Waals surface area (Å²) in [5.41, 5.74) is 0.737. The maximum Gasteiger partial charge on any atom is 0.342 e. The summed E-state index contributed by atoms with van der Waals surface area (Å²) in [4.78, 5) is 13.1. The van der Waals surface area contributed by atoms with Crippen LogP contribution in [-0.4, -0.2) is 49.1 Å². The van der Waals surface area contributed by atoms with E-state index in [-0.39, 0.29) is 54.0 Å². The van der Waals surface area contributed by atoms with Gasteiger partial charge in [-0.1, -0.05) is 38.2 Å². The molecule has 5 atom stereocenters. The van der Waals surface area contributed by atoms with Crippen LogP contribution in [0.3, 0.4) is 0 Å². The Kier molecular flexibility index (Phi) is 7.64. The lowest BCUT2D eigenvalue weighted by molar-refractivity contribution is -0.148. The topological polar surface area (TPSA) is 83.5 Å². The molecule has 2 heterocycles. The van der Waals surface area contributed by atoms with Gasteiger partial charge in [0.25, 0.3) is 0 Å². The van der Waals surface area contributed by atoms with Gasteiger partial charge in [-0.05, 0) is 38.8 Å². The predicted octanol–water partition coefficient (Wildman–Crippen LogP) is 4.69. The Morgan fingerprint density at radius 3 is 2.56 bits per heavy atom. The first kappa shape index (κ1) is 24.3. The molecule has 1 saturated heterocycles. The van der Waals surface area contributed by atoms with Crippen LogP contribution in [0, 0.1) is 11.8 Å². The third-order valence-electron chi connectivity index (χ3n) is 5.81. The fraction of sp³-hybridized carbons (Fsp3) is 0.560. The second kappa shape index (κ2) is 10.1. The standard InChI is InChI=1S/C25H34O7/c1-15-10-11-16(2)23-20(31-25(4,5)32-23)9-7-8-18-12-19(26)13-21(29-14-28-6)22(18)24(27)30-17(15)3/h7-8,10-13,15-17,20,23,26H,9,14H2,1-6H3/b8-7+,11-10-/t15-,16?,17+,20+,23-/m1/s1. The molecule has 1 N–H and O–H groups in total. The molecule has 0 spiro atoms. The number of hydrogen-bond acceptors (Lipinski definition) is 7. The third-order valence-corrected chi connectivity index (χ3v) is 5.81. The zero-order valence-corrected chi connectivity index (χ0v) is 19.7. The number of cyclic esters (lactones) is 1. The van der Waals surface area contributed by atoms with Crippen molar-refractivity contribution in [3.8, 4) is 11.5 Å². The molecule has 0 bridgehead atoms. The molecular formula is C25H34O7. The first-order valence-electron chi connectivity index (χ1n) is 11.0. The van der Waals surface area contributed by atoms with Crippen LogP contribution in [-0.2, 0) is 18.9 Å². The van der Waals surface area contributed by atoms with E-state index >= 15 is 0 Å². The number of benzene rings is 1. The average molecular weight is 447 g/mol. The summed E-state index contributed by atoms with van der Waals surface area (Å²) in [5, 5.41) is 10.2. The smallest absolute Gasteiger partial charge is 0.342 e. The monoisotopic (exact) mass is 446 g/mol. The van der Waals surface area contributed by atoms with Crippen molar-refractivity contribution >= 4 is 12.0 Å². The van der Waals surface area contributed by atoms with Crippen molar-refractivity contribution in [1.29, 1.82) is 0 Å². The molecule has 3 rings (SSSR count). The molecule has 0 amide bonds. The summed E-state index contributed by atoms with van der Waals surface area (Å²) in [6.07, 6.45) is 7.81. The number of esters is 1. The lowest BCUT2D eigenvalue weighted by atomic mass is 9.94. The number of carbonyl (C=O) groups is 1. The summed E-state index contributed by atoms with van der Waals surface area (Å²) in [6, 6.07) is 2.90. The third kappa shape index (κ3) is 5.71. The van der Waals surface area contributed by atoms with Crippen molar-refractivity contribution in [3.05, 3.63) is 41.5 Å². The maximum absolute atomic E-state index is 13.1. The molecule has 0 aliphatic carbocycles. The first-order valence-corrected chi connectivity index (χ1v) is 11.0. The largest absolute Gasteiger partial charge is 0.508 e. The van der Waals surface area contributed by atoms with E-state index in [1.807, 2.05) is 33.8 Å². The van der Waals surface area contributed by atoms with Gasteiger partial charge in [0.1, 0.15) is 23.2 Å². The molecule has 2 aliphatic heterocycles. The Bertz CT molecular complexity index is 873. The average Bonchev–Trinajstić information content (AvgIpc) is 3.03. The first-order chi connectivity index (χ1) is 15.1. The van der Waals surface area contributed by atoms with E-state index in [0.717, 1.165) is 0 Å². The number of carbonyl (C=O) groups excluding carboxylic acids is 1. The second-order valence-corrected chi connectivity index (χ2v) is 8.95. The minimum atomic E-state index is -0.672. The summed E-state index contributed by atoms with van der Waals surface area (Å²) in [6.45, 7) is 9.72. The predicted molar refractivity (Wildman–Crippen MR) is 120 cm³/mol. The van der Waals surface area contributed by atoms with E-state index < -0.39 is 11.8 Å². The summed E-state index contributed by atoms with van der Waals surface area (Å²) in [5.74, 6) is -0.911. The van der Waals surface area contributed by atoms with Crippen molar-refractivity contribution in [2.45, 2.75) is 65.1 Å². The van der Waals surface area contributed by atoms with Gasteiger partial charge >= 0.3 is 5.97 Å². The number of phenols is 1. The van der Waals surface area contributed by atoms with E-state index in [1.54, 1.807) is 6.08 Å². The maximum atomic E-state index is 13.1. The van der Waals surface area contributed by atoms with Gasteiger partial charge in [-0.2, -0.15) is 0 Å². The SMILES string of the molecule is COCOc1cc(O)cc2c1C(=O)O[C@@H](C)[C@H](C)/C=C\C(C)[C@H]1OC(C)(C)O[C@H]1C/C=C/2. The molecular weight excluding hydrogens is 412 g/mol. The highest BCUT2D eigenvalue weighted by molar-refractivity contribution is 5.97. The Balaban J connectivity index is 2.04.